The fraction of sp³-hybridized carbons (Fsp3) is 0.118. The number of benzene rings is 1. The highest BCUT2D eigenvalue weighted by Gasteiger charge is 2.15. The minimum absolute atomic E-state index is 0.0250. The van der Waals surface area contributed by atoms with Gasteiger partial charge in [-0.15, -0.1) is 0 Å². The Morgan fingerprint density at radius 3 is 2.48 bits per heavy atom. The fourth-order valence-electron chi connectivity index (χ4n) is 1.84. The molecule has 0 saturated heterocycles. The fourth-order valence-corrected chi connectivity index (χ4v) is 1.84. The van der Waals surface area contributed by atoms with Crippen molar-refractivity contribution >= 4 is 23.7 Å². The number of rotatable bonds is 6. The number of aromatic amines is 1. The van der Waals surface area contributed by atoms with E-state index in [0.29, 0.717) is 5.69 Å². The van der Waals surface area contributed by atoms with Gasteiger partial charge in [0.1, 0.15) is 5.70 Å². The van der Waals surface area contributed by atoms with E-state index in [4.69, 9.17) is 4.74 Å². The zero-order chi connectivity index (χ0) is 16.7. The van der Waals surface area contributed by atoms with Crippen LogP contribution in [0, 0.1) is 0 Å². The molecule has 6 nitrogen and oxygen atoms in total. The number of carbonyl (C=O) groups is 3. The van der Waals surface area contributed by atoms with Crippen LogP contribution in [0.15, 0.2) is 54.4 Å². The van der Waals surface area contributed by atoms with E-state index in [0.717, 1.165) is 5.56 Å². The summed E-state index contributed by atoms with van der Waals surface area (Å²) in [4.78, 5) is 37.9. The van der Waals surface area contributed by atoms with Crippen LogP contribution in [0.5, 0.6) is 0 Å². The maximum atomic E-state index is 12.1. The van der Waals surface area contributed by atoms with Crippen molar-refractivity contribution in [2.24, 2.45) is 0 Å². The van der Waals surface area contributed by atoms with E-state index in [1.54, 1.807) is 42.6 Å². The van der Waals surface area contributed by atoms with Crippen molar-refractivity contribution in [1.82, 2.24) is 10.3 Å². The number of nitrogens with one attached hydrogen (secondary N) is 2. The molecule has 23 heavy (non-hydrogen) atoms. The number of hydrogen-bond acceptors (Lipinski definition) is 4. The maximum absolute atomic E-state index is 12.1. The van der Waals surface area contributed by atoms with Gasteiger partial charge in [0.2, 0.25) is 11.7 Å². The number of aromatic nitrogens is 1. The second-order valence-electron chi connectivity index (χ2n) is 4.73. The molecule has 0 aliphatic heterocycles. The molecule has 0 fully saturated rings. The first-order valence-corrected chi connectivity index (χ1v) is 6.94. The normalized spacial score (nSPS) is 10.9. The van der Waals surface area contributed by atoms with Gasteiger partial charge in [-0.3, -0.25) is 9.59 Å². The van der Waals surface area contributed by atoms with Crippen molar-refractivity contribution in [3.8, 4) is 0 Å². The average molecular weight is 312 g/mol. The molecule has 0 aliphatic rings. The Hall–Kier alpha value is -3.15. The van der Waals surface area contributed by atoms with Crippen LogP contribution in [0.4, 0.5) is 0 Å². The zero-order valence-corrected chi connectivity index (χ0v) is 12.5. The lowest BCUT2D eigenvalue weighted by Crippen LogP contribution is -2.27. The zero-order valence-electron chi connectivity index (χ0n) is 12.5. The van der Waals surface area contributed by atoms with Crippen molar-refractivity contribution in [2.45, 2.75) is 6.92 Å². The molecule has 0 aliphatic carbocycles. The number of Topliss-reactive ketones (excluding diaryl/α,β-unsaturated/α-hetero) is 1. The van der Waals surface area contributed by atoms with Crippen LogP contribution in [0.25, 0.3) is 6.08 Å². The summed E-state index contributed by atoms with van der Waals surface area (Å²) in [6.07, 6.45) is 3.09. The summed E-state index contributed by atoms with van der Waals surface area (Å²) in [5.41, 5.74) is 1.05. The van der Waals surface area contributed by atoms with Gasteiger partial charge in [-0.05, 0) is 23.8 Å². The number of amides is 1. The molecule has 118 valence electrons. The van der Waals surface area contributed by atoms with Crippen molar-refractivity contribution in [3.05, 3.63) is 65.6 Å². The van der Waals surface area contributed by atoms with E-state index in [-0.39, 0.29) is 11.5 Å². The summed E-state index contributed by atoms with van der Waals surface area (Å²) >= 11 is 0. The Bertz CT molecular complexity index is 718. The number of hydrogen-bond donors (Lipinski definition) is 2. The average Bonchev–Trinajstić information content (AvgIpc) is 3.06. The van der Waals surface area contributed by atoms with E-state index < -0.39 is 18.5 Å². The van der Waals surface area contributed by atoms with E-state index >= 15 is 0 Å². The van der Waals surface area contributed by atoms with Crippen molar-refractivity contribution in [1.29, 1.82) is 0 Å². The predicted octanol–water partition coefficient (Wildman–Crippen LogP) is 1.92. The first-order valence-electron chi connectivity index (χ1n) is 6.94. The van der Waals surface area contributed by atoms with Crippen LogP contribution in [0.2, 0.25) is 0 Å². The molecule has 0 saturated carbocycles. The number of carbonyl (C=O) groups excluding carboxylic acids is 3. The van der Waals surface area contributed by atoms with Crippen molar-refractivity contribution in [2.75, 3.05) is 6.61 Å². The predicted molar refractivity (Wildman–Crippen MR) is 84.3 cm³/mol. The third-order valence-corrected chi connectivity index (χ3v) is 2.87. The number of H-pyrrole nitrogens is 1. The monoisotopic (exact) mass is 312 g/mol. The van der Waals surface area contributed by atoms with Crippen LogP contribution in [0.1, 0.15) is 23.0 Å². The van der Waals surface area contributed by atoms with E-state index in [1.165, 1.54) is 13.0 Å². The largest absolute Gasteiger partial charge is 0.453 e. The molecule has 2 N–H and O–H groups in total. The van der Waals surface area contributed by atoms with Crippen LogP contribution >= 0.6 is 0 Å². The molecular weight excluding hydrogens is 296 g/mol. The van der Waals surface area contributed by atoms with Crippen LogP contribution in [0.3, 0.4) is 0 Å². The summed E-state index contributed by atoms with van der Waals surface area (Å²) in [7, 11) is 0. The minimum atomic E-state index is -0.774. The molecule has 0 radical (unpaired) electrons. The molecular formula is C17H16N2O4. The molecule has 0 unspecified atom stereocenters. The summed E-state index contributed by atoms with van der Waals surface area (Å²) in [6.45, 7) is 0.876. The first kappa shape index (κ1) is 16.2. The lowest BCUT2D eigenvalue weighted by Gasteiger charge is -2.08. The van der Waals surface area contributed by atoms with Crippen molar-refractivity contribution < 1.29 is 19.1 Å². The Balaban J connectivity index is 2.06. The lowest BCUT2D eigenvalue weighted by molar-refractivity contribution is -0.139. The third kappa shape index (κ3) is 4.96. The van der Waals surface area contributed by atoms with Gasteiger partial charge in [-0.25, -0.2) is 4.79 Å². The Morgan fingerprint density at radius 1 is 1.13 bits per heavy atom. The number of ketones is 1. The molecule has 1 aromatic heterocycles. The molecule has 1 aromatic carbocycles. The number of esters is 1. The first-order chi connectivity index (χ1) is 11.1. The van der Waals surface area contributed by atoms with Gasteiger partial charge in [0, 0.05) is 13.1 Å². The third-order valence-electron chi connectivity index (χ3n) is 2.87. The quantitative estimate of drug-likeness (QED) is 0.484. The molecule has 0 spiro atoms. The molecule has 0 atom stereocenters. The second kappa shape index (κ2) is 7.74. The summed E-state index contributed by atoms with van der Waals surface area (Å²) in [5.74, 6) is -1.53. The van der Waals surface area contributed by atoms with Gasteiger partial charge in [0.15, 0.2) is 6.61 Å². The Labute approximate surface area is 133 Å². The molecule has 1 amide bonds. The van der Waals surface area contributed by atoms with Gasteiger partial charge in [0.05, 0.1) is 5.69 Å². The van der Waals surface area contributed by atoms with E-state index in [9.17, 15) is 14.4 Å². The second-order valence-corrected chi connectivity index (χ2v) is 4.73. The minimum Gasteiger partial charge on any atom is -0.453 e. The molecule has 2 rings (SSSR count). The van der Waals surface area contributed by atoms with E-state index in [1.807, 2.05) is 6.07 Å². The highest BCUT2D eigenvalue weighted by atomic mass is 16.5. The van der Waals surface area contributed by atoms with E-state index in [2.05, 4.69) is 10.3 Å². The molecule has 1 heterocycles. The topological polar surface area (TPSA) is 88.3 Å². The SMILES string of the molecule is CC(=O)N/C(=C\c1ccccc1)C(=O)OCC(=O)c1ccc[nH]1. The standard InChI is InChI=1S/C17H16N2O4/c1-12(20)19-15(10-13-6-3-2-4-7-13)17(22)23-11-16(21)14-8-5-9-18-14/h2-10,18H,11H2,1H3,(H,19,20)/b15-10-. The van der Waals surface area contributed by atoms with Crippen LogP contribution in [-0.4, -0.2) is 29.3 Å². The van der Waals surface area contributed by atoms with Gasteiger partial charge < -0.3 is 15.0 Å². The highest BCUT2D eigenvalue weighted by molar-refractivity contribution is 6.00. The number of ether oxygens (including phenoxy) is 1. The smallest absolute Gasteiger partial charge is 0.355 e. The lowest BCUT2D eigenvalue weighted by atomic mass is 10.2. The van der Waals surface area contributed by atoms with Gasteiger partial charge in [-0.1, -0.05) is 30.3 Å². The molecule has 6 heteroatoms. The van der Waals surface area contributed by atoms with Crippen LogP contribution < -0.4 is 5.32 Å². The van der Waals surface area contributed by atoms with Gasteiger partial charge in [-0.2, -0.15) is 0 Å². The molecule has 0 bridgehead atoms. The van der Waals surface area contributed by atoms with Crippen molar-refractivity contribution in [3.63, 3.8) is 0 Å². The highest BCUT2D eigenvalue weighted by Crippen LogP contribution is 2.07. The summed E-state index contributed by atoms with van der Waals surface area (Å²) < 4.78 is 4.97. The van der Waals surface area contributed by atoms with Gasteiger partial charge in [0.25, 0.3) is 0 Å². The Morgan fingerprint density at radius 2 is 1.87 bits per heavy atom. The van der Waals surface area contributed by atoms with Crippen LogP contribution in [-0.2, 0) is 14.3 Å². The summed E-state index contributed by atoms with van der Waals surface area (Å²) in [6, 6.07) is 12.3. The molecule has 2 aromatic rings. The summed E-state index contributed by atoms with van der Waals surface area (Å²) in [5, 5.41) is 2.42. The Kier molecular flexibility index (Phi) is 5.46. The van der Waals surface area contributed by atoms with Gasteiger partial charge >= 0.3 is 5.97 Å². The maximum Gasteiger partial charge on any atom is 0.355 e.